The van der Waals surface area contributed by atoms with Gasteiger partial charge in [-0.05, 0) is 39.0 Å². The van der Waals surface area contributed by atoms with Crippen LogP contribution < -0.4 is 10.2 Å². The molecule has 9 nitrogen and oxygen atoms in total. The fourth-order valence-electron chi connectivity index (χ4n) is 2.15. The molecule has 1 amide bonds. The average Bonchev–Trinajstić information content (AvgIpc) is 2.60. The van der Waals surface area contributed by atoms with Crippen LogP contribution in [-0.2, 0) is 4.79 Å². The van der Waals surface area contributed by atoms with E-state index in [-0.39, 0.29) is 17.3 Å². The molecule has 1 unspecified atom stereocenters. The summed E-state index contributed by atoms with van der Waals surface area (Å²) in [7, 11) is 1.36. The molecule has 0 saturated carbocycles. The maximum Gasteiger partial charge on any atom is 0.311 e. The first-order valence-electron chi connectivity index (χ1n) is 7.94. The third-order valence-electron chi connectivity index (χ3n) is 3.40. The number of nitrogens with zero attached hydrogens (tertiary/aromatic N) is 4. The number of ether oxygens (including phenoxy) is 1. The smallest absolute Gasteiger partial charge is 0.311 e. The Kier molecular flexibility index (Phi) is 6.83. The van der Waals surface area contributed by atoms with Crippen LogP contribution in [0.15, 0.2) is 34.5 Å². The molecular formula is C17H19N5O4S. The Labute approximate surface area is 160 Å². The Morgan fingerprint density at radius 3 is 2.59 bits per heavy atom. The largest absolute Gasteiger partial charge is 0.490 e. The lowest BCUT2D eigenvalue weighted by Crippen LogP contribution is -2.27. The Morgan fingerprint density at radius 1 is 1.33 bits per heavy atom. The van der Waals surface area contributed by atoms with Crippen molar-refractivity contribution in [1.29, 1.82) is 0 Å². The highest BCUT2D eigenvalue weighted by Gasteiger charge is 2.17. The maximum atomic E-state index is 12.2. The number of nitro benzene ring substituents is 1. The van der Waals surface area contributed by atoms with Crippen LogP contribution in [0.2, 0.25) is 0 Å². The number of nitro groups is 1. The Morgan fingerprint density at radius 2 is 2.00 bits per heavy atom. The Hall–Kier alpha value is -3.01. The van der Waals surface area contributed by atoms with Gasteiger partial charge >= 0.3 is 5.69 Å². The Balaban J connectivity index is 1.99. The second-order valence-corrected chi connectivity index (χ2v) is 6.92. The van der Waals surface area contributed by atoms with Gasteiger partial charge in [0.1, 0.15) is 0 Å². The highest BCUT2D eigenvalue weighted by Crippen LogP contribution is 2.26. The number of rotatable bonds is 7. The second-order valence-electron chi connectivity index (χ2n) is 5.62. The lowest BCUT2D eigenvalue weighted by molar-refractivity contribution is -0.385. The van der Waals surface area contributed by atoms with E-state index >= 15 is 0 Å². The second kappa shape index (κ2) is 9.08. The van der Waals surface area contributed by atoms with Crippen molar-refractivity contribution in [2.45, 2.75) is 31.2 Å². The molecule has 2 aromatic rings. The van der Waals surface area contributed by atoms with Crippen LogP contribution in [-0.4, -0.2) is 39.4 Å². The summed E-state index contributed by atoms with van der Waals surface area (Å²) in [6.07, 6.45) is 1.33. The number of hydrazone groups is 1. The first-order valence-corrected chi connectivity index (χ1v) is 8.82. The zero-order chi connectivity index (χ0) is 20.0. The van der Waals surface area contributed by atoms with E-state index < -0.39 is 10.2 Å². The topological polar surface area (TPSA) is 120 Å². The van der Waals surface area contributed by atoms with E-state index in [1.165, 1.54) is 37.2 Å². The number of nitrogens with one attached hydrogen (secondary N) is 1. The summed E-state index contributed by atoms with van der Waals surface area (Å²) < 4.78 is 4.94. The SMILES string of the molecule is COc1ccc(/C=N/NC(=O)C(C)Sc2nc(C)cc(C)n2)cc1[N+](=O)[O-]. The van der Waals surface area contributed by atoms with Gasteiger partial charge in [0.05, 0.1) is 23.5 Å². The molecular weight excluding hydrogens is 370 g/mol. The average molecular weight is 389 g/mol. The van der Waals surface area contributed by atoms with Crippen molar-refractivity contribution < 1.29 is 14.5 Å². The van der Waals surface area contributed by atoms with Crippen LogP contribution in [0, 0.1) is 24.0 Å². The number of methoxy groups -OCH3 is 1. The molecule has 1 aromatic heterocycles. The number of carbonyl (C=O) groups excluding carboxylic acids is 1. The van der Waals surface area contributed by atoms with Crippen LogP contribution >= 0.6 is 11.8 Å². The van der Waals surface area contributed by atoms with Crippen LogP contribution in [0.3, 0.4) is 0 Å². The van der Waals surface area contributed by atoms with Crippen molar-refractivity contribution in [3.63, 3.8) is 0 Å². The molecule has 1 heterocycles. The molecule has 0 radical (unpaired) electrons. The number of amides is 1. The quantitative estimate of drug-likeness (QED) is 0.254. The van der Waals surface area contributed by atoms with E-state index in [1.807, 2.05) is 19.9 Å². The molecule has 1 N–H and O–H groups in total. The zero-order valence-corrected chi connectivity index (χ0v) is 16.1. The molecule has 142 valence electrons. The van der Waals surface area contributed by atoms with E-state index in [1.54, 1.807) is 13.0 Å². The number of aryl methyl sites for hydroxylation is 2. The summed E-state index contributed by atoms with van der Waals surface area (Å²) >= 11 is 1.22. The van der Waals surface area contributed by atoms with Gasteiger partial charge in [-0.25, -0.2) is 15.4 Å². The number of hydrogen-bond acceptors (Lipinski definition) is 8. The monoisotopic (exact) mass is 389 g/mol. The molecule has 0 aliphatic heterocycles. The summed E-state index contributed by atoms with van der Waals surface area (Å²) in [5.41, 5.74) is 4.35. The predicted octanol–water partition coefficient (Wildman–Crippen LogP) is 2.64. The van der Waals surface area contributed by atoms with Gasteiger partial charge in [-0.2, -0.15) is 5.10 Å². The third kappa shape index (κ3) is 5.74. The molecule has 2 rings (SSSR count). The van der Waals surface area contributed by atoms with Crippen molar-refractivity contribution in [1.82, 2.24) is 15.4 Å². The van der Waals surface area contributed by atoms with Gasteiger partial charge in [0.15, 0.2) is 10.9 Å². The lowest BCUT2D eigenvalue weighted by Gasteiger charge is -2.09. The highest BCUT2D eigenvalue weighted by atomic mass is 32.2. The lowest BCUT2D eigenvalue weighted by atomic mass is 10.2. The molecule has 0 fully saturated rings. The van der Waals surface area contributed by atoms with E-state index in [0.29, 0.717) is 10.7 Å². The van der Waals surface area contributed by atoms with Crippen molar-refractivity contribution in [3.05, 3.63) is 51.3 Å². The number of benzene rings is 1. The fourth-order valence-corrected chi connectivity index (χ4v) is 3.02. The number of thioether (sulfide) groups is 1. The summed E-state index contributed by atoms with van der Waals surface area (Å²) in [6.45, 7) is 5.44. The minimum atomic E-state index is -0.544. The van der Waals surface area contributed by atoms with Gasteiger partial charge < -0.3 is 4.74 Å². The van der Waals surface area contributed by atoms with Crippen LogP contribution in [0.5, 0.6) is 5.75 Å². The van der Waals surface area contributed by atoms with Gasteiger partial charge in [-0.15, -0.1) is 0 Å². The van der Waals surface area contributed by atoms with E-state index in [4.69, 9.17) is 4.74 Å². The zero-order valence-electron chi connectivity index (χ0n) is 15.3. The van der Waals surface area contributed by atoms with E-state index in [0.717, 1.165) is 11.4 Å². The van der Waals surface area contributed by atoms with Crippen LogP contribution in [0.1, 0.15) is 23.9 Å². The predicted molar refractivity (Wildman–Crippen MR) is 102 cm³/mol. The molecule has 10 heteroatoms. The van der Waals surface area contributed by atoms with Crippen molar-refractivity contribution >= 4 is 29.6 Å². The molecule has 1 atom stereocenters. The molecule has 27 heavy (non-hydrogen) atoms. The van der Waals surface area contributed by atoms with Crippen molar-refractivity contribution in [2.24, 2.45) is 5.10 Å². The summed E-state index contributed by atoms with van der Waals surface area (Å²) in [4.78, 5) is 31.2. The maximum absolute atomic E-state index is 12.2. The first-order chi connectivity index (χ1) is 12.8. The standard InChI is InChI=1S/C17H19N5O4S/c1-10-7-11(2)20-17(19-10)27-12(3)16(23)21-18-9-13-5-6-15(26-4)14(8-13)22(24)25/h5-9,12H,1-4H3,(H,21,23)/b18-9+. The van der Waals surface area contributed by atoms with Gasteiger partial charge in [0, 0.05) is 23.0 Å². The highest BCUT2D eigenvalue weighted by molar-refractivity contribution is 8.00. The van der Waals surface area contributed by atoms with Gasteiger partial charge in [-0.1, -0.05) is 11.8 Å². The Bertz CT molecular complexity index is 867. The molecule has 0 saturated heterocycles. The van der Waals surface area contributed by atoms with E-state index in [2.05, 4.69) is 20.5 Å². The summed E-state index contributed by atoms with van der Waals surface area (Å²) in [5.74, 6) is -0.179. The summed E-state index contributed by atoms with van der Waals surface area (Å²) in [5, 5.41) is 14.9. The fraction of sp³-hybridized carbons (Fsp3) is 0.294. The third-order valence-corrected chi connectivity index (χ3v) is 4.36. The van der Waals surface area contributed by atoms with Gasteiger partial charge in [-0.3, -0.25) is 14.9 Å². The number of aromatic nitrogens is 2. The van der Waals surface area contributed by atoms with Crippen LogP contribution in [0.4, 0.5) is 5.69 Å². The van der Waals surface area contributed by atoms with Crippen LogP contribution in [0.25, 0.3) is 0 Å². The minimum absolute atomic E-state index is 0.152. The minimum Gasteiger partial charge on any atom is -0.490 e. The van der Waals surface area contributed by atoms with Crippen molar-refractivity contribution in [2.75, 3.05) is 7.11 Å². The molecule has 0 aliphatic carbocycles. The molecule has 0 bridgehead atoms. The normalized spacial score (nSPS) is 12.0. The molecule has 1 aromatic carbocycles. The first kappa shape index (κ1) is 20.3. The molecule has 0 aliphatic rings. The van der Waals surface area contributed by atoms with Crippen molar-refractivity contribution in [3.8, 4) is 5.75 Å². The van der Waals surface area contributed by atoms with Gasteiger partial charge in [0.25, 0.3) is 5.91 Å². The van der Waals surface area contributed by atoms with Gasteiger partial charge in [0.2, 0.25) is 0 Å². The number of hydrogen-bond donors (Lipinski definition) is 1. The summed E-state index contributed by atoms with van der Waals surface area (Å²) in [6, 6.07) is 6.24. The number of carbonyl (C=O) groups is 1. The van der Waals surface area contributed by atoms with E-state index in [9.17, 15) is 14.9 Å². The molecule has 0 spiro atoms.